The summed E-state index contributed by atoms with van der Waals surface area (Å²) in [4.78, 5) is 2.39. The van der Waals surface area contributed by atoms with Crippen molar-refractivity contribution in [3.05, 3.63) is 42.2 Å². The minimum Gasteiger partial charge on any atom is -0.459 e. The molecule has 3 aromatic heterocycles. The Hall–Kier alpha value is -2.41. The highest BCUT2D eigenvalue weighted by Crippen LogP contribution is 2.23. The molecule has 0 radical (unpaired) electrons. The van der Waals surface area contributed by atoms with Crippen LogP contribution in [-0.2, 0) is 13.1 Å². The van der Waals surface area contributed by atoms with Crippen LogP contribution in [0, 0.1) is 6.92 Å². The Kier molecular flexibility index (Phi) is 3.70. The normalized spacial score (nSPS) is 18.7. The average Bonchev–Trinajstić information content (AvgIpc) is 3.29. The van der Waals surface area contributed by atoms with Gasteiger partial charge in [0.1, 0.15) is 0 Å². The first-order valence-corrected chi connectivity index (χ1v) is 7.87. The molecule has 4 rings (SSSR count). The first-order chi connectivity index (χ1) is 11.3. The van der Waals surface area contributed by atoms with Crippen LogP contribution >= 0.6 is 0 Å². The second-order valence-corrected chi connectivity index (χ2v) is 5.98. The average molecular weight is 313 g/mol. The van der Waals surface area contributed by atoms with Gasteiger partial charge in [-0.05, 0) is 44.0 Å². The Balaban J connectivity index is 1.43. The summed E-state index contributed by atoms with van der Waals surface area (Å²) in [5.41, 5.74) is 1.19. The van der Waals surface area contributed by atoms with E-state index >= 15 is 0 Å². The number of hydrogen-bond acceptors (Lipinski definition) is 6. The van der Waals surface area contributed by atoms with E-state index in [2.05, 4.69) is 33.3 Å². The first-order valence-electron chi connectivity index (χ1n) is 7.87. The van der Waals surface area contributed by atoms with Crippen LogP contribution in [0.5, 0.6) is 0 Å². The Morgan fingerprint density at radius 2 is 2.30 bits per heavy atom. The summed E-state index contributed by atoms with van der Waals surface area (Å²) in [7, 11) is 0. The molecular formula is C16H19N5O2. The summed E-state index contributed by atoms with van der Waals surface area (Å²) >= 11 is 0. The van der Waals surface area contributed by atoms with Crippen LogP contribution in [-0.4, -0.2) is 37.5 Å². The predicted molar refractivity (Wildman–Crippen MR) is 82.4 cm³/mol. The van der Waals surface area contributed by atoms with Gasteiger partial charge in [-0.15, -0.1) is 10.2 Å². The summed E-state index contributed by atoms with van der Waals surface area (Å²) in [6, 6.07) is 4.07. The van der Waals surface area contributed by atoms with Crippen molar-refractivity contribution in [1.82, 2.24) is 24.9 Å². The van der Waals surface area contributed by atoms with Crippen LogP contribution in [0.3, 0.4) is 0 Å². The number of aromatic nitrogens is 4. The third kappa shape index (κ3) is 3.05. The van der Waals surface area contributed by atoms with Gasteiger partial charge >= 0.3 is 0 Å². The van der Waals surface area contributed by atoms with Gasteiger partial charge < -0.3 is 8.83 Å². The second kappa shape index (κ2) is 6.00. The van der Waals surface area contributed by atoms with Crippen molar-refractivity contribution in [2.45, 2.75) is 38.9 Å². The van der Waals surface area contributed by atoms with E-state index in [0.717, 1.165) is 19.5 Å². The third-order valence-corrected chi connectivity index (χ3v) is 4.20. The standard InChI is InChI=1S/C16H19N5O2/c1-12-8-17-21(9-12)10-13-4-2-6-20(13)11-15-18-19-16(23-15)14-5-3-7-22-14/h3,5,7-9,13H,2,4,6,10-11H2,1H3. The first kappa shape index (κ1) is 14.2. The molecule has 1 saturated heterocycles. The largest absolute Gasteiger partial charge is 0.459 e. The molecule has 3 aromatic rings. The molecule has 1 fully saturated rings. The van der Waals surface area contributed by atoms with Gasteiger partial charge in [0.2, 0.25) is 5.89 Å². The molecule has 4 heterocycles. The zero-order chi connectivity index (χ0) is 15.6. The van der Waals surface area contributed by atoms with Crippen molar-refractivity contribution >= 4 is 0 Å². The fourth-order valence-corrected chi connectivity index (χ4v) is 3.08. The van der Waals surface area contributed by atoms with Gasteiger partial charge in [-0.1, -0.05) is 0 Å². The van der Waals surface area contributed by atoms with E-state index in [9.17, 15) is 0 Å². The van der Waals surface area contributed by atoms with E-state index in [1.54, 1.807) is 6.26 Å². The predicted octanol–water partition coefficient (Wildman–Crippen LogP) is 2.50. The van der Waals surface area contributed by atoms with Crippen LogP contribution in [0.15, 0.2) is 39.6 Å². The molecule has 0 spiro atoms. The van der Waals surface area contributed by atoms with Crippen molar-refractivity contribution in [1.29, 1.82) is 0 Å². The lowest BCUT2D eigenvalue weighted by Gasteiger charge is -2.22. The minimum absolute atomic E-state index is 0.434. The number of likely N-dealkylation sites (tertiary alicyclic amines) is 1. The zero-order valence-corrected chi connectivity index (χ0v) is 13.1. The molecule has 0 saturated carbocycles. The fourth-order valence-electron chi connectivity index (χ4n) is 3.08. The van der Waals surface area contributed by atoms with E-state index in [1.807, 2.05) is 23.0 Å². The minimum atomic E-state index is 0.434. The number of rotatable bonds is 5. The van der Waals surface area contributed by atoms with E-state index in [-0.39, 0.29) is 0 Å². The lowest BCUT2D eigenvalue weighted by atomic mass is 10.2. The smallest absolute Gasteiger partial charge is 0.283 e. The molecule has 1 unspecified atom stereocenters. The molecular weight excluding hydrogens is 294 g/mol. The zero-order valence-electron chi connectivity index (χ0n) is 13.1. The molecule has 0 aliphatic carbocycles. The summed E-state index contributed by atoms with van der Waals surface area (Å²) in [5.74, 6) is 1.66. The Morgan fingerprint density at radius 1 is 1.35 bits per heavy atom. The SMILES string of the molecule is Cc1cnn(CC2CCCN2Cc2nnc(-c3ccco3)o2)c1. The highest BCUT2D eigenvalue weighted by Gasteiger charge is 2.27. The van der Waals surface area contributed by atoms with E-state index in [1.165, 1.54) is 12.0 Å². The van der Waals surface area contributed by atoms with Crippen molar-refractivity contribution < 1.29 is 8.83 Å². The van der Waals surface area contributed by atoms with Gasteiger partial charge in [0.25, 0.3) is 5.89 Å². The van der Waals surface area contributed by atoms with Crippen LogP contribution < -0.4 is 0 Å². The van der Waals surface area contributed by atoms with Crippen molar-refractivity contribution in [2.75, 3.05) is 6.54 Å². The summed E-state index contributed by atoms with van der Waals surface area (Å²) in [6.45, 7) is 4.67. The van der Waals surface area contributed by atoms with Crippen molar-refractivity contribution in [3.8, 4) is 11.7 Å². The molecule has 0 bridgehead atoms. The lowest BCUT2D eigenvalue weighted by Crippen LogP contribution is -2.32. The molecule has 7 nitrogen and oxygen atoms in total. The Morgan fingerprint density at radius 3 is 3.09 bits per heavy atom. The van der Waals surface area contributed by atoms with Crippen LogP contribution in [0.2, 0.25) is 0 Å². The Bertz CT molecular complexity index is 761. The molecule has 1 aliphatic heterocycles. The Labute approximate surface area is 133 Å². The lowest BCUT2D eigenvalue weighted by molar-refractivity contribution is 0.200. The van der Waals surface area contributed by atoms with Gasteiger partial charge in [0, 0.05) is 12.2 Å². The molecule has 7 heteroatoms. The summed E-state index contributed by atoms with van der Waals surface area (Å²) < 4.78 is 13.0. The maximum absolute atomic E-state index is 5.71. The summed E-state index contributed by atoms with van der Waals surface area (Å²) in [5, 5.41) is 12.6. The van der Waals surface area contributed by atoms with Gasteiger partial charge in [-0.2, -0.15) is 5.10 Å². The molecule has 0 aromatic carbocycles. The molecule has 1 aliphatic rings. The van der Waals surface area contributed by atoms with Gasteiger partial charge in [0.05, 0.1) is 25.5 Å². The van der Waals surface area contributed by atoms with E-state index < -0.39 is 0 Å². The van der Waals surface area contributed by atoms with E-state index in [0.29, 0.717) is 30.1 Å². The van der Waals surface area contributed by atoms with Gasteiger partial charge in [-0.3, -0.25) is 9.58 Å². The number of aryl methyl sites for hydroxylation is 1. The number of hydrogen-bond donors (Lipinski definition) is 0. The quantitative estimate of drug-likeness (QED) is 0.720. The number of furan rings is 1. The highest BCUT2D eigenvalue weighted by molar-refractivity contribution is 5.42. The second-order valence-electron chi connectivity index (χ2n) is 5.98. The van der Waals surface area contributed by atoms with Crippen molar-refractivity contribution in [2.24, 2.45) is 0 Å². The maximum Gasteiger partial charge on any atom is 0.283 e. The van der Waals surface area contributed by atoms with Crippen LogP contribution in [0.25, 0.3) is 11.7 Å². The molecule has 120 valence electrons. The van der Waals surface area contributed by atoms with Gasteiger partial charge in [0.15, 0.2) is 5.76 Å². The summed E-state index contributed by atoms with van der Waals surface area (Å²) in [6.07, 6.45) is 7.93. The molecule has 0 N–H and O–H groups in total. The fraction of sp³-hybridized carbons (Fsp3) is 0.438. The molecule has 1 atom stereocenters. The monoisotopic (exact) mass is 313 g/mol. The number of nitrogens with zero attached hydrogens (tertiary/aromatic N) is 5. The maximum atomic E-state index is 5.71. The topological polar surface area (TPSA) is 73.1 Å². The molecule has 0 amide bonds. The highest BCUT2D eigenvalue weighted by atomic mass is 16.4. The van der Waals surface area contributed by atoms with Gasteiger partial charge in [-0.25, -0.2) is 0 Å². The van der Waals surface area contributed by atoms with Crippen LogP contribution in [0.4, 0.5) is 0 Å². The molecule has 23 heavy (non-hydrogen) atoms. The van der Waals surface area contributed by atoms with Crippen LogP contribution in [0.1, 0.15) is 24.3 Å². The van der Waals surface area contributed by atoms with Crippen molar-refractivity contribution in [3.63, 3.8) is 0 Å². The third-order valence-electron chi connectivity index (χ3n) is 4.20. The van der Waals surface area contributed by atoms with E-state index in [4.69, 9.17) is 8.83 Å².